The zero-order valence-corrected chi connectivity index (χ0v) is 8.73. The van der Waals surface area contributed by atoms with Gasteiger partial charge >= 0.3 is 0 Å². The van der Waals surface area contributed by atoms with Gasteiger partial charge in [0.05, 0.1) is 11.0 Å². The Morgan fingerprint density at radius 3 is 3.00 bits per heavy atom. The average Bonchev–Trinajstić information content (AvgIpc) is 2.17. The van der Waals surface area contributed by atoms with E-state index in [1.165, 1.54) is 23.9 Å². The molecule has 1 aromatic heterocycles. The molecule has 0 spiro atoms. The lowest BCUT2D eigenvalue weighted by atomic mass is 10.3. The highest BCUT2D eigenvalue weighted by atomic mass is 16.6. The van der Waals surface area contributed by atoms with E-state index in [1.807, 2.05) is 19.9 Å². The number of aromatic nitrogens is 1. The van der Waals surface area contributed by atoms with Crippen LogP contribution < -0.4 is 5.32 Å². The summed E-state index contributed by atoms with van der Waals surface area (Å²) in [6, 6.07) is 2.78. The van der Waals surface area contributed by atoms with Gasteiger partial charge in [0, 0.05) is 18.8 Å². The van der Waals surface area contributed by atoms with E-state index in [2.05, 4.69) is 10.3 Å². The second-order valence-corrected chi connectivity index (χ2v) is 3.32. The highest BCUT2D eigenvalue weighted by molar-refractivity contribution is 5.44. The first kappa shape index (κ1) is 11.2. The Morgan fingerprint density at radius 2 is 2.40 bits per heavy atom. The SMILES string of the molecule is CC(C)=CCNc1cc([N+](=O)[O-])ccn1. The Morgan fingerprint density at radius 1 is 1.67 bits per heavy atom. The van der Waals surface area contributed by atoms with Crippen LogP contribution >= 0.6 is 0 Å². The van der Waals surface area contributed by atoms with Crippen LogP contribution in [-0.4, -0.2) is 16.5 Å². The topological polar surface area (TPSA) is 68.1 Å². The summed E-state index contributed by atoms with van der Waals surface area (Å²) in [5, 5.41) is 13.5. The van der Waals surface area contributed by atoms with Crippen molar-refractivity contribution < 1.29 is 4.92 Å². The van der Waals surface area contributed by atoms with E-state index in [0.29, 0.717) is 12.4 Å². The predicted molar refractivity (Wildman–Crippen MR) is 58.8 cm³/mol. The number of anilines is 1. The molecular weight excluding hydrogens is 194 g/mol. The quantitative estimate of drug-likeness (QED) is 0.467. The average molecular weight is 207 g/mol. The minimum Gasteiger partial charge on any atom is -0.366 e. The van der Waals surface area contributed by atoms with Crippen LogP contribution in [0.1, 0.15) is 13.8 Å². The Hall–Kier alpha value is -1.91. The first-order valence-corrected chi connectivity index (χ1v) is 4.57. The summed E-state index contributed by atoms with van der Waals surface area (Å²) in [6.45, 7) is 4.60. The van der Waals surface area contributed by atoms with Crippen LogP contribution in [0.3, 0.4) is 0 Å². The third-order valence-corrected chi connectivity index (χ3v) is 1.75. The summed E-state index contributed by atoms with van der Waals surface area (Å²) in [4.78, 5) is 14.0. The van der Waals surface area contributed by atoms with E-state index in [9.17, 15) is 10.1 Å². The van der Waals surface area contributed by atoms with E-state index in [1.54, 1.807) is 0 Å². The molecule has 5 nitrogen and oxygen atoms in total. The molecule has 0 atom stereocenters. The smallest absolute Gasteiger partial charge is 0.274 e. The molecule has 0 saturated heterocycles. The third kappa shape index (κ3) is 3.76. The van der Waals surface area contributed by atoms with Gasteiger partial charge in [-0.15, -0.1) is 0 Å². The molecular formula is C10H13N3O2. The molecule has 0 unspecified atom stereocenters. The van der Waals surface area contributed by atoms with Crippen LogP contribution in [0.15, 0.2) is 30.0 Å². The normalized spacial score (nSPS) is 9.47. The van der Waals surface area contributed by atoms with Gasteiger partial charge in [0.25, 0.3) is 5.69 Å². The molecule has 80 valence electrons. The molecule has 0 fully saturated rings. The van der Waals surface area contributed by atoms with E-state index in [4.69, 9.17) is 0 Å². The molecule has 5 heteroatoms. The van der Waals surface area contributed by atoms with Gasteiger partial charge in [-0.25, -0.2) is 4.98 Å². The number of nitro groups is 1. The van der Waals surface area contributed by atoms with Crippen molar-refractivity contribution in [2.75, 3.05) is 11.9 Å². The zero-order chi connectivity index (χ0) is 11.3. The van der Waals surface area contributed by atoms with Crippen LogP contribution in [0.5, 0.6) is 0 Å². The highest BCUT2D eigenvalue weighted by Gasteiger charge is 2.05. The van der Waals surface area contributed by atoms with Crippen molar-refractivity contribution in [3.63, 3.8) is 0 Å². The fourth-order valence-corrected chi connectivity index (χ4v) is 0.989. The Kier molecular flexibility index (Phi) is 3.79. The summed E-state index contributed by atoms with van der Waals surface area (Å²) in [6.07, 6.45) is 3.41. The molecule has 0 amide bonds. The molecule has 0 saturated carbocycles. The van der Waals surface area contributed by atoms with Crippen molar-refractivity contribution in [2.24, 2.45) is 0 Å². The molecule has 0 aliphatic carbocycles. The molecule has 0 aliphatic heterocycles. The minimum absolute atomic E-state index is 0.0460. The van der Waals surface area contributed by atoms with Crippen LogP contribution in [0.2, 0.25) is 0 Å². The minimum atomic E-state index is -0.437. The largest absolute Gasteiger partial charge is 0.366 e. The number of nitrogens with zero attached hydrogens (tertiary/aromatic N) is 2. The molecule has 1 rings (SSSR count). The van der Waals surface area contributed by atoms with Crippen molar-refractivity contribution in [2.45, 2.75) is 13.8 Å². The van der Waals surface area contributed by atoms with Gasteiger partial charge in [-0.05, 0) is 13.8 Å². The van der Waals surface area contributed by atoms with Gasteiger partial charge in [0.1, 0.15) is 5.82 Å². The first-order valence-electron chi connectivity index (χ1n) is 4.57. The molecule has 1 N–H and O–H groups in total. The molecule has 0 bridgehead atoms. The summed E-state index contributed by atoms with van der Waals surface area (Å²) in [5.74, 6) is 0.515. The van der Waals surface area contributed by atoms with Crippen molar-refractivity contribution in [1.82, 2.24) is 4.98 Å². The number of nitrogens with one attached hydrogen (secondary N) is 1. The van der Waals surface area contributed by atoms with Crippen molar-refractivity contribution in [1.29, 1.82) is 0 Å². The van der Waals surface area contributed by atoms with Gasteiger partial charge in [-0.1, -0.05) is 11.6 Å². The number of rotatable bonds is 4. The molecule has 1 heterocycles. The van der Waals surface area contributed by atoms with E-state index >= 15 is 0 Å². The number of allylic oxidation sites excluding steroid dienone is 1. The molecule has 1 aromatic rings. The van der Waals surface area contributed by atoms with Crippen LogP contribution in [0, 0.1) is 10.1 Å². The van der Waals surface area contributed by atoms with Gasteiger partial charge in [-0.3, -0.25) is 10.1 Å². The van der Waals surface area contributed by atoms with Crippen LogP contribution in [0.4, 0.5) is 11.5 Å². The zero-order valence-electron chi connectivity index (χ0n) is 8.73. The number of hydrogen-bond acceptors (Lipinski definition) is 4. The van der Waals surface area contributed by atoms with Gasteiger partial charge in [0.2, 0.25) is 0 Å². The number of hydrogen-bond donors (Lipinski definition) is 1. The Balaban J connectivity index is 2.66. The lowest BCUT2D eigenvalue weighted by Gasteiger charge is -2.01. The van der Waals surface area contributed by atoms with Crippen LogP contribution in [-0.2, 0) is 0 Å². The maximum Gasteiger partial charge on any atom is 0.274 e. The fourth-order valence-electron chi connectivity index (χ4n) is 0.989. The molecule has 0 aliphatic rings. The molecule has 0 radical (unpaired) electrons. The maximum absolute atomic E-state index is 10.5. The van der Waals surface area contributed by atoms with E-state index in [-0.39, 0.29) is 5.69 Å². The van der Waals surface area contributed by atoms with Gasteiger partial charge in [-0.2, -0.15) is 0 Å². The van der Waals surface area contributed by atoms with E-state index < -0.39 is 4.92 Å². The maximum atomic E-state index is 10.5. The molecule has 0 aromatic carbocycles. The standard InChI is InChI=1S/C10H13N3O2/c1-8(2)3-5-11-10-7-9(13(14)15)4-6-12-10/h3-4,6-7H,5H2,1-2H3,(H,11,12). The van der Waals surface area contributed by atoms with Crippen molar-refractivity contribution >= 4 is 11.5 Å². The van der Waals surface area contributed by atoms with E-state index in [0.717, 1.165) is 0 Å². The van der Waals surface area contributed by atoms with Crippen molar-refractivity contribution in [3.8, 4) is 0 Å². The second kappa shape index (κ2) is 5.09. The van der Waals surface area contributed by atoms with Crippen LogP contribution in [0.25, 0.3) is 0 Å². The molecule has 15 heavy (non-hydrogen) atoms. The Labute approximate surface area is 88.0 Å². The fraction of sp³-hybridized carbons (Fsp3) is 0.300. The predicted octanol–water partition coefficient (Wildman–Crippen LogP) is 2.37. The second-order valence-electron chi connectivity index (χ2n) is 3.32. The summed E-state index contributed by atoms with van der Waals surface area (Å²) in [5.41, 5.74) is 1.23. The monoisotopic (exact) mass is 207 g/mol. The highest BCUT2D eigenvalue weighted by Crippen LogP contribution is 2.13. The van der Waals surface area contributed by atoms with Gasteiger partial charge < -0.3 is 5.32 Å². The lowest BCUT2D eigenvalue weighted by molar-refractivity contribution is -0.384. The summed E-state index contributed by atoms with van der Waals surface area (Å²) >= 11 is 0. The lowest BCUT2D eigenvalue weighted by Crippen LogP contribution is -2.01. The summed E-state index contributed by atoms with van der Waals surface area (Å²) < 4.78 is 0. The number of pyridine rings is 1. The third-order valence-electron chi connectivity index (χ3n) is 1.75. The summed E-state index contributed by atoms with van der Waals surface area (Å²) in [7, 11) is 0. The van der Waals surface area contributed by atoms with Gasteiger partial charge in [0.15, 0.2) is 0 Å². The Bertz CT molecular complexity index is 384. The first-order chi connectivity index (χ1) is 7.09. The van der Waals surface area contributed by atoms with Crippen molar-refractivity contribution in [3.05, 3.63) is 40.1 Å².